The van der Waals surface area contributed by atoms with Crippen LogP contribution in [0.4, 0.5) is 5.69 Å². The second-order valence-corrected chi connectivity index (χ2v) is 7.78. The van der Waals surface area contributed by atoms with Crippen molar-refractivity contribution in [3.63, 3.8) is 0 Å². The molecule has 0 aliphatic carbocycles. The lowest BCUT2D eigenvalue weighted by Gasteiger charge is -2.09. The summed E-state index contributed by atoms with van der Waals surface area (Å²) in [5, 5.41) is 5.08. The van der Waals surface area contributed by atoms with Gasteiger partial charge < -0.3 is 10.1 Å². The van der Waals surface area contributed by atoms with Crippen LogP contribution >= 0.6 is 11.8 Å². The van der Waals surface area contributed by atoms with E-state index in [1.54, 1.807) is 0 Å². The molecule has 0 saturated heterocycles. The van der Waals surface area contributed by atoms with E-state index in [2.05, 4.69) is 14.5 Å². The molecule has 29 heavy (non-hydrogen) atoms. The highest BCUT2D eigenvalue weighted by atomic mass is 32.2. The molecule has 0 aliphatic heterocycles. The Morgan fingerprint density at radius 3 is 2.62 bits per heavy atom. The molecular formula is C22H21N3O3S. The Bertz CT molecular complexity index is 1230. The van der Waals surface area contributed by atoms with Crippen molar-refractivity contribution in [1.82, 2.24) is 9.38 Å². The van der Waals surface area contributed by atoms with E-state index >= 15 is 0 Å². The molecule has 2 aromatic heterocycles. The fraction of sp³-hybridized carbons (Fsp3) is 0.227. The number of anilines is 1. The molecule has 0 spiro atoms. The topological polar surface area (TPSA) is 72.7 Å². The van der Waals surface area contributed by atoms with E-state index in [9.17, 15) is 9.59 Å². The van der Waals surface area contributed by atoms with Gasteiger partial charge in [0.05, 0.1) is 35.1 Å². The van der Waals surface area contributed by atoms with E-state index in [0.29, 0.717) is 12.2 Å². The molecule has 2 heterocycles. The highest BCUT2D eigenvalue weighted by molar-refractivity contribution is 7.99. The van der Waals surface area contributed by atoms with Gasteiger partial charge in [0, 0.05) is 22.9 Å². The Morgan fingerprint density at radius 2 is 1.83 bits per heavy atom. The summed E-state index contributed by atoms with van der Waals surface area (Å²) in [6.45, 7) is 1.97. The van der Waals surface area contributed by atoms with Crippen LogP contribution in [0, 0.1) is 6.92 Å². The number of para-hydroxylation sites is 2. The number of fused-ring (bicyclic) bond motifs is 5. The molecule has 148 valence electrons. The van der Waals surface area contributed by atoms with E-state index in [1.807, 2.05) is 55.5 Å². The Hall–Kier alpha value is -3.06. The fourth-order valence-electron chi connectivity index (χ4n) is 3.53. The molecule has 0 unspecified atom stereocenters. The minimum atomic E-state index is -0.283. The molecule has 0 aliphatic rings. The van der Waals surface area contributed by atoms with Gasteiger partial charge in [-0.15, -0.1) is 11.8 Å². The summed E-state index contributed by atoms with van der Waals surface area (Å²) in [5.41, 5.74) is 3.65. The quantitative estimate of drug-likeness (QED) is 0.383. The fourth-order valence-corrected chi connectivity index (χ4v) is 4.29. The Labute approximate surface area is 172 Å². The van der Waals surface area contributed by atoms with Crippen LogP contribution in [0.1, 0.15) is 12.2 Å². The number of amides is 1. The van der Waals surface area contributed by atoms with Crippen molar-refractivity contribution in [2.75, 3.05) is 23.9 Å². The number of carbonyl (C=O) groups is 2. The maximum Gasteiger partial charge on any atom is 0.315 e. The van der Waals surface area contributed by atoms with Crippen LogP contribution in [-0.4, -0.2) is 39.9 Å². The molecule has 0 atom stereocenters. The van der Waals surface area contributed by atoms with Crippen LogP contribution in [0.5, 0.6) is 0 Å². The number of ether oxygens (including phenoxy) is 1. The zero-order valence-electron chi connectivity index (χ0n) is 16.3. The largest absolute Gasteiger partial charge is 0.468 e. The number of aryl methyl sites for hydroxylation is 1. The SMILES string of the molecule is COC(=O)CSCCC(=O)Nc1c2ccccc2n2c(C)nc3ccccc3c12. The van der Waals surface area contributed by atoms with Gasteiger partial charge in [0.1, 0.15) is 5.82 Å². The van der Waals surface area contributed by atoms with Crippen molar-refractivity contribution in [3.05, 3.63) is 54.4 Å². The Kier molecular flexibility index (Phi) is 5.40. The maximum atomic E-state index is 12.7. The Morgan fingerprint density at radius 1 is 1.10 bits per heavy atom. The summed E-state index contributed by atoms with van der Waals surface area (Å²) in [7, 11) is 1.36. The first-order chi connectivity index (χ1) is 14.1. The molecule has 0 fully saturated rings. The van der Waals surface area contributed by atoms with Gasteiger partial charge in [-0.1, -0.05) is 36.4 Å². The number of thioether (sulfide) groups is 1. The molecule has 1 amide bonds. The van der Waals surface area contributed by atoms with Crippen LogP contribution in [-0.2, 0) is 14.3 Å². The first kappa shape index (κ1) is 19.3. The molecule has 0 bridgehead atoms. The summed E-state index contributed by atoms with van der Waals surface area (Å²) in [5.74, 6) is 1.29. The molecule has 6 nitrogen and oxygen atoms in total. The standard InChI is InChI=1S/C22H21N3O3S/c1-14-23-17-9-5-3-7-15(17)22-21(16-8-4-6-10-18(16)25(14)22)24-19(26)11-12-29-13-20(27)28-2/h3-10H,11-13H2,1-2H3,(H,24,26). The normalized spacial score (nSPS) is 11.2. The lowest BCUT2D eigenvalue weighted by Crippen LogP contribution is -2.13. The summed E-state index contributed by atoms with van der Waals surface area (Å²) in [6.07, 6.45) is 0.315. The molecule has 0 saturated carbocycles. The van der Waals surface area contributed by atoms with Crippen molar-refractivity contribution in [2.24, 2.45) is 0 Å². The first-order valence-electron chi connectivity index (χ1n) is 9.33. The molecular weight excluding hydrogens is 386 g/mol. The molecule has 1 N–H and O–H groups in total. The third kappa shape index (κ3) is 3.65. The summed E-state index contributed by atoms with van der Waals surface area (Å²) in [6, 6.07) is 15.9. The highest BCUT2D eigenvalue weighted by Gasteiger charge is 2.18. The minimum Gasteiger partial charge on any atom is -0.468 e. The number of hydrogen-bond acceptors (Lipinski definition) is 5. The van der Waals surface area contributed by atoms with Gasteiger partial charge in [-0.2, -0.15) is 0 Å². The molecule has 4 rings (SSSR count). The van der Waals surface area contributed by atoms with E-state index in [4.69, 9.17) is 4.98 Å². The summed E-state index contributed by atoms with van der Waals surface area (Å²) >= 11 is 1.39. The van der Waals surface area contributed by atoms with E-state index < -0.39 is 0 Å². The number of benzene rings is 2. The number of methoxy groups -OCH3 is 1. The number of aromatic nitrogens is 2. The molecule has 4 aromatic rings. The smallest absolute Gasteiger partial charge is 0.315 e. The highest BCUT2D eigenvalue weighted by Crippen LogP contribution is 2.36. The third-order valence-electron chi connectivity index (χ3n) is 4.83. The van der Waals surface area contributed by atoms with Crippen molar-refractivity contribution >= 4 is 56.6 Å². The van der Waals surface area contributed by atoms with E-state index in [1.165, 1.54) is 18.9 Å². The number of hydrogen-bond donors (Lipinski definition) is 1. The average molecular weight is 407 g/mol. The zero-order valence-corrected chi connectivity index (χ0v) is 17.1. The van der Waals surface area contributed by atoms with Gasteiger partial charge in [0.25, 0.3) is 0 Å². The number of nitrogens with one attached hydrogen (secondary N) is 1. The maximum absolute atomic E-state index is 12.7. The van der Waals surface area contributed by atoms with Crippen molar-refractivity contribution in [2.45, 2.75) is 13.3 Å². The van der Waals surface area contributed by atoms with Crippen molar-refractivity contribution < 1.29 is 14.3 Å². The lowest BCUT2D eigenvalue weighted by atomic mass is 10.1. The molecule has 7 heteroatoms. The summed E-state index contributed by atoms with van der Waals surface area (Å²) < 4.78 is 6.72. The summed E-state index contributed by atoms with van der Waals surface area (Å²) in [4.78, 5) is 28.6. The van der Waals surface area contributed by atoms with Crippen LogP contribution in [0.15, 0.2) is 48.5 Å². The van der Waals surface area contributed by atoms with Gasteiger partial charge in [0.2, 0.25) is 5.91 Å². The number of carbonyl (C=O) groups excluding carboxylic acids is 2. The predicted molar refractivity (Wildman–Crippen MR) is 118 cm³/mol. The van der Waals surface area contributed by atoms with Gasteiger partial charge in [-0.05, 0) is 19.1 Å². The van der Waals surface area contributed by atoms with Gasteiger partial charge >= 0.3 is 5.97 Å². The number of nitrogens with zero attached hydrogens (tertiary/aromatic N) is 2. The first-order valence-corrected chi connectivity index (χ1v) is 10.5. The van der Waals surface area contributed by atoms with Crippen LogP contribution in [0.2, 0.25) is 0 Å². The van der Waals surface area contributed by atoms with E-state index in [-0.39, 0.29) is 17.6 Å². The Balaban J connectivity index is 1.73. The van der Waals surface area contributed by atoms with Crippen molar-refractivity contribution in [3.8, 4) is 0 Å². The molecule has 0 radical (unpaired) electrons. The van der Waals surface area contributed by atoms with Gasteiger partial charge in [-0.3, -0.25) is 14.0 Å². The van der Waals surface area contributed by atoms with Gasteiger partial charge in [-0.25, -0.2) is 4.98 Å². The van der Waals surface area contributed by atoms with Crippen molar-refractivity contribution in [1.29, 1.82) is 0 Å². The van der Waals surface area contributed by atoms with Crippen LogP contribution < -0.4 is 5.32 Å². The number of rotatable bonds is 6. The second-order valence-electron chi connectivity index (χ2n) is 6.68. The molecule has 2 aromatic carbocycles. The average Bonchev–Trinajstić information content (AvgIpc) is 3.06. The zero-order chi connectivity index (χ0) is 20.4. The predicted octanol–water partition coefficient (Wildman–Crippen LogP) is 4.18. The lowest BCUT2D eigenvalue weighted by molar-refractivity contribution is -0.137. The third-order valence-corrected chi connectivity index (χ3v) is 5.76. The monoisotopic (exact) mass is 407 g/mol. The number of esters is 1. The van der Waals surface area contributed by atoms with E-state index in [0.717, 1.165) is 38.8 Å². The van der Waals surface area contributed by atoms with Crippen LogP contribution in [0.3, 0.4) is 0 Å². The second kappa shape index (κ2) is 8.13. The van der Waals surface area contributed by atoms with Gasteiger partial charge in [0.15, 0.2) is 0 Å². The minimum absolute atomic E-state index is 0.0841. The van der Waals surface area contributed by atoms with Crippen LogP contribution in [0.25, 0.3) is 27.3 Å².